The Balaban J connectivity index is 0.789. The Labute approximate surface area is 437 Å². The number of carbonyl (C=O) groups excluding carboxylic acids is 7. The smallest absolute Gasteiger partial charge is 0.246 e. The fourth-order valence-electron chi connectivity index (χ4n) is 8.89. The quantitative estimate of drug-likeness (QED) is 0.0211. The first-order chi connectivity index (χ1) is 36.2. The van der Waals surface area contributed by atoms with Crippen LogP contribution in [-0.2, 0) is 80.9 Å². The molecule has 0 aromatic rings. The maximum absolute atomic E-state index is 13.0. The van der Waals surface area contributed by atoms with E-state index in [0.29, 0.717) is 72.4 Å². The second-order valence-electron chi connectivity index (χ2n) is 18.5. The molecule has 13 atom stereocenters. The van der Waals surface area contributed by atoms with Crippen LogP contribution in [0.15, 0.2) is 0 Å². The molecular formula is C45H74N8O21S. The molecule has 10 N–H and O–H groups in total. The normalized spacial score (nSPS) is 30.9. The van der Waals surface area contributed by atoms with Crippen molar-refractivity contribution in [1.29, 1.82) is 0 Å². The van der Waals surface area contributed by atoms with E-state index in [1.54, 1.807) is 0 Å². The van der Waals surface area contributed by atoms with Gasteiger partial charge in [-0.1, -0.05) is 0 Å². The summed E-state index contributed by atoms with van der Waals surface area (Å²) in [5, 5.41) is 58.2. The lowest BCUT2D eigenvalue weighted by molar-refractivity contribution is -0.271. The maximum atomic E-state index is 13.0. The molecule has 0 aromatic carbocycles. The van der Waals surface area contributed by atoms with Gasteiger partial charge in [0.05, 0.1) is 77.1 Å². The summed E-state index contributed by atoms with van der Waals surface area (Å²) in [6, 6.07) is -1.82. The zero-order chi connectivity index (χ0) is 53.7. The van der Waals surface area contributed by atoms with Gasteiger partial charge in [-0.15, -0.1) is 11.8 Å². The van der Waals surface area contributed by atoms with Crippen molar-refractivity contribution in [2.75, 3.05) is 151 Å². The Morgan fingerprint density at radius 1 is 0.627 bits per heavy atom. The van der Waals surface area contributed by atoms with Gasteiger partial charge in [0.15, 0.2) is 12.6 Å². The first kappa shape index (κ1) is 60.6. The molecule has 0 saturated carbocycles. The molecule has 6 aliphatic heterocycles. The summed E-state index contributed by atoms with van der Waals surface area (Å²) in [6.45, 7) is 6.02. The number of hydrogen-bond acceptors (Lipinski definition) is 25. The van der Waals surface area contributed by atoms with Crippen molar-refractivity contribution in [3.05, 3.63) is 0 Å². The molecular weight excluding hydrogens is 1020 g/mol. The van der Waals surface area contributed by atoms with E-state index in [2.05, 4.69) is 36.8 Å². The van der Waals surface area contributed by atoms with Crippen LogP contribution in [0.4, 0.5) is 0 Å². The number of ether oxygens (including phenoxy) is 10. The number of hydrogen-bond donors (Lipinski definition) is 10. The minimum atomic E-state index is -1.36. The Hall–Kier alpha value is -3.64. The first-order valence-corrected chi connectivity index (χ1v) is 26.2. The largest absolute Gasteiger partial charge is 0.388 e. The van der Waals surface area contributed by atoms with Crippen LogP contribution in [-0.4, -0.2) is 301 Å². The number of aliphatic hydroxyl groups excluding tert-OH is 4. The summed E-state index contributed by atoms with van der Waals surface area (Å²) in [7, 11) is 0. The van der Waals surface area contributed by atoms with Crippen LogP contribution in [0.25, 0.3) is 0 Å². The van der Waals surface area contributed by atoms with Crippen molar-refractivity contribution in [2.24, 2.45) is 0 Å². The first-order valence-electron chi connectivity index (χ1n) is 25.2. The summed E-state index contributed by atoms with van der Waals surface area (Å²) in [5.74, 6) is -2.17. The average Bonchev–Trinajstić information content (AvgIpc) is 3.91. The van der Waals surface area contributed by atoms with Gasteiger partial charge >= 0.3 is 0 Å². The number of carbonyl (C=O) groups is 7. The molecule has 9 unspecified atom stereocenters. The van der Waals surface area contributed by atoms with Crippen molar-refractivity contribution in [1.82, 2.24) is 41.7 Å². The van der Waals surface area contributed by atoms with Gasteiger partial charge in [0.1, 0.15) is 80.9 Å². The molecule has 75 heavy (non-hydrogen) atoms. The summed E-state index contributed by atoms with van der Waals surface area (Å²) < 4.78 is 55.2. The number of imide groups is 1. The van der Waals surface area contributed by atoms with Gasteiger partial charge in [-0.2, -0.15) is 0 Å². The average molecular weight is 1100 g/mol. The summed E-state index contributed by atoms with van der Waals surface area (Å²) in [4.78, 5) is 88.3. The zero-order valence-corrected chi connectivity index (χ0v) is 42.8. The fraction of sp³-hybridized carbons (Fsp3) is 0.844. The van der Waals surface area contributed by atoms with E-state index < -0.39 is 90.2 Å². The van der Waals surface area contributed by atoms with Crippen molar-refractivity contribution in [2.45, 2.75) is 92.0 Å². The van der Waals surface area contributed by atoms with Crippen LogP contribution in [0.2, 0.25) is 0 Å². The highest BCUT2D eigenvalue weighted by molar-refractivity contribution is 8.01. The highest BCUT2D eigenvalue weighted by Gasteiger charge is 2.49. The van der Waals surface area contributed by atoms with Gasteiger partial charge in [-0.3, -0.25) is 43.4 Å². The van der Waals surface area contributed by atoms with Crippen LogP contribution < -0.4 is 31.9 Å². The van der Waals surface area contributed by atoms with Gasteiger partial charge in [0.2, 0.25) is 35.4 Å². The molecule has 29 nitrogen and oxygen atoms in total. The summed E-state index contributed by atoms with van der Waals surface area (Å²) in [5.41, 5.74) is 0. The molecule has 0 aromatic heterocycles. The number of rotatable bonds is 34. The Kier molecular flexibility index (Phi) is 25.6. The van der Waals surface area contributed by atoms with Crippen molar-refractivity contribution < 1.29 is 101 Å². The van der Waals surface area contributed by atoms with E-state index >= 15 is 0 Å². The molecule has 6 rings (SSSR count). The Morgan fingerprint density at radius 2 is 1.07 bits per heavy atom. The number of likely N-dealkylation sites (tertiary alicyclic amines) is 2. The SMILES string of the molecule is CC(=O)CSC1CC(=O)N(CCN2CC(NCCOCCOCCOCC(=O)NCC3O[C@@H]4OCC(=O)N[C@H]4C(O)C3O)C(NCCOCCOCCOCC(=O)NCC3O[C@@H]4OCC(=O)N[C@H]4C(O)C3O)C2)C1=O. The monoisotopic (exact) mass is 1090 g/mol. The van der Waals surface area contributed by atoms with E-state index in [9.17, 15) is 54.0 Å². The predicted molar refractivity (Wildman–Crippen MR) is 256 cm³/mol. The van der Waals surface area contributed by atoms with Crippen molar-refractivity contribution >= 4 is 53.0 Å². The molecule has 6 saturated heterocycles. The van der Waals surface area contributed by atoms with E-state index in [0.717, 1.165) is 0 Å². The minimum absolute atomic E-state index is 0.00689. The third-order valence-corrected chi connectivity index (χ3v) is 14.1. The summed E-state index contributed by atoms with van der Waals surface area (Å²) >= 11 is 1.20. The number of nitrogens with zero attached hydrogens (tertiary/aromatic N) is 2. The van der Waals surface area contributed by atoms with E-state index in [1.807, 2.05) is 0 Å². The molecule has 426 valence electrons. The highest BCUT2D eigenvalue weighted by atomic mass is 32.2. The third kappa shape index (κ3) is 19.3. The number of ketones is 1. The van der Waals surface area contributed by atoms with Crippen molar-refractivity contribution in [3.63, 3.8) is 0 Å². The van der Waals surface area contributed by atoms with Gasteiger partial charge in [-0.25, -0.2) is 0 Å². The molecule has 0 radical (unpaired) electrons. The van der Waals surface area contributed by atoms with Gasteiger partial charge in [-0.05, 0) is 6.92 Å². The molecule has 6 aliphatic rings. The predicted octanol–water partition coefficient (Wildman–Crippen LogP) is -8.08. The molecule has 0 aliphatic carbocycles. The third-order valence-electron chi connectivity index (χ3n) is 12.8. The number of thioether (sulfide) groups is 1. The number of Topliss-reactive ketones (excluding diaryl/α,β-unsaturated/α-hetero) is 1. The lowest BCUT2D eigenvalue weighted by Gasteiger charge is -2.44. The fourth-order valence-corrected chi connectivity index (χ4v) is 9.86. The van der Waals surface area contributed by atoms with Gasteiger partial charge in [0.25, 0.3) is 0 Å². The maximum Gasteiger partial charge on any atom is 0.246 e. The lowest BCUT2D eigenvalue weighted by atomic mass is 9.96. The molecule has 6 heterocycles. The van der Waals surface area contributed by atoms with Gasteiger partial charge in [0, 0.05) is 70.9 Å². The number of aliphatic hydroxyl groups is 4. The molecule has 6 fully saturated rings. The highest BCUT2D eigenvalue weighted by Crippen LogP contribution is 2.27. The second-order valence-corrected chi connectivity index (χ2v) is 19.7. The molecule has 6 amide bonds. The molecule has 0 bridgehead atoms. The minimum Gasteiger partial charge on any atom is -0.388 e. The van der Waals surface area contributed by atoms with Crippen LogP contribution >= 0.6 is 11.8 Å². The number of nitrogens with one attached hydrogen (secondary N) is 6. The van der Waals surface area contributed by atoms with Crippen molar-refractivity contribution in [3.8, 4) is 0 Å². The summed E-state index contributed by atoms with van der Waals surface area (Å²) in [6.07, 6.45) is -9.13. The van der Waals surface area contributed by atoms with Crippen LogP contribution in [0, 0.1) is 0 Å². The standard InChI is InChI=1S/C45H74N8O21S/c1-26(54)25-75-31-16-36(59)53(43(31)64)5-4-52-19-27(46-2-6-65-8-10-67-12-14-69-21-32(55)48-17-29-39(60)41(62)37-44(73-29)71-23-34(57)50-37)28(20-52)47-3-7-66-9-11-68-13-15-70-22-33(56)49-18-30-40(61)42(63)38-45(74-30)72-24-35(58)51-38/h27-31,37-42,44-47,60-63H,2-25H2,1H3,(H,48,55)(H,49,56)(H,50,57)(H,51,58)/t27?,28?,29?,30?,31?,37-,38-,39?,40?,41?,42?,44-,45-/m0/s1. The topological polar surface area (TPSA) is 371 Å². The van der Waals surface area contributed by atoms with Gasteiger partial charge < -0.3 is 99.7 Å². The molecule has 0 spiro atoms. The van der Waals surface area contributed by atoms with E-state index in [1.165, 1.54) is 23.6 Å². The lowest BCUT2D eigenvalue weighted by Crippen LogP contribution is -2.68. The zero-order valence-electron chi connectivity index (χ0n) is 42.0. The Morgan fingerprint density at radius 3 is 1.52 bits per heavy atom. The van der Waals surface area contributed by atoms with E-state index in [4.69, 9.17) is 47.4 Å². The number of amides is 6. The van der Waals surface area contributed by atoms with E-state index in [-0.39, 0.29) is 114 Å². The van der Waals surface area contributed by atoms with Crippen LogP contribution in [0.5, 0.6) is 0 Å². The molecule has 30 heteroatoms. The van der Waals surface area contributed by atoms with Crippen LogP contribution in [0.1, 0.15) is 13.3 Å². The Bertz CT molecular complexity index is 1770. The number of fused-ring (bicyclic) bond motifs is 2. The van der Waals surface area contributed by atoms with Crippen LogP contribution in [0.3, 0.4) is 0 Å². The number of morpholine rings is 2. The second kappa shape index (κ2) is 31.7.